The zero-order valence-corrected chi connectivity index (χ0v) is 6.28. The summed E-state index contributed by atoms with van der Waals surface area (Å²) in [5, 5.41) is 22.2. The second-order valence-electron chi connectivity index (χ2n) is 2.12. The van der Waals surface area contributed by atoms with Gasteiger partial charge in [0, 0.05) is 6.54 Å². The summed E-state index contributed by atoms with van der Waals surface area (Å²) in [5.41, 5.74) is 0.438. The number of para-hydroxylation sites is 1. The van der Waals surface area contributed by atoms with E-state index in [0.29, 0.717) is 12.2 Å². The quantitative estimate of drug-likeness (QED) is 0.628. The summed E-state index contributed by atoms with van der Waals surface area (Å²) in [6.07, 6.45) is 0. The van der Waals surface area contributed by atoms with Crippen LogP contribution in [0.3, 0.4) is 0 Å². The third-order valence-corrected chi connectivity index (χ3v) is 1.32. The maximum Gasteiger partial charge on any atom is 0.183 e. The lowest BCUT2D eigenvalue weighted by atomic mass is 10.2. The van der Waals surface area contributed by atoms with E-state index in [-0.39, 0.29) is 11.5 Å². The van der Waals surface area contributed by atoms with Gasteiger partial charge in [0.15, 0.2) is 11.5 Å². The molecule has 2 N–H and O–H groups in total. The van der Waals surface area contributed by atoms with E-state index in [1.54, 1.807) is 12.1 Å². The first-order valence-corrected chi connectivity index (χ1v) is 3.44. The molecule has 11 heavy (non-hydrogen) atoms. The second kappa shape index (κ2) is 3.14. The van der Waals surface area contributed by atoms with Crippen molar-refractivity contribution in [2.24, 2.45) is 0 Å². The van der Waals surface area contributed by atoms with Gasteiger partial charge in [0.2, 0.25) is 0 Å². The lowest BCUT2D eigenvalue weighted by molar-refractivity contribution is 0.403. The first kappa shape index (κ1) is 7.72. The van der Waals surface area contributed by atoms with Crippen LogP contribution in [0.5, 0.6) is 11.5 Å². The Morgan fingerprint density at radius 1 is 1.36 bits per heavy atom. The molecule has 0 atom stereocenters. The number of nitrogens with zero attached hydrogens (tertiary/aromatic N) is 1. The minimum Gasteiger partial charge on any atom is -0.504 e. The number of hydrogen-bond donors (Lipinski definition) is 2. The maximum absolute atomic E-state index is 9.18. The van der Waals surface area contributed by atoms with Gasteiger partial charge in [0.25, 0.3) is 0 Å². The molecule has 3 nitrogen and oxygen atoms in total. The van der Waals surface area contributed by atoms with E-state index in [9.17, 15) is 5.11 Å². The molecule has 0 aliphatic heterocycles. The van der Waals surface area contributed by atoms with Crippen molar-refractivity contribution < 1.29 is 10.2 Å². The molecule has 1 aromatic carbocycles. The summed E-state index contributed by atoms with van der Waals surface area (Å²) >= 11 is 0. The molecule has 0 fully saturated rings. The summed E-state index contributed by atoms with van der Waals surface area (Å²) in [6, 6.07) is 4.71. The fourth-order valence-electron chi connectivity index (χ4n) is 0.817. The summed E-state index contributed by atoms with van der Waals surface area (Å²) in [7, 11) is 0. The van der Waals surface area contributed by atoms with Gasteiger partial charge in [-0.25, -0.2) is 0 Å². The smallest absolute Gasteiger partial charge is 0.183 e. The molecular formula is C8H10NO2. The first-order valence-electron chi connectivity index (χ1n) is 3.44. The average Bonchev–Trinajstić information content (AvgIpc) is 1.99. The van der Waals surface area contributed by atoms with E-state index < -0.39 is 0 Å². The molecule has 1 radical (unpaired) electrons. The molecule has 0 bridgehead atoms. The van der Waals surface area contributed by atoms with Crippen LogP contribution < -0.4 is 5.32 Å². The van der Waals surface area contributed by atoms with Crippen molar-refractivity contribution in [2.45, 2.75) is 6.92 Å². The highest BCUT2D eigenvalue weighted by Crippen LogP contribution is 2.32. The minimum atomic E-state index is -0.144. The lowest BCUT2D eigenvalue weighted by Gasteiger charge is -2.03. The van der Waals surface area contributed by atoms with Crippen LogP contribution in [-0.2, 0) is 0 Å². The van der Waals surface area contributed by atoms with Crippen molar-refractivity contribution in [3.05, 3.63) is 18.2 Å². The van der Waals surface area contributed by atoms with Crippen molar-refractivity contribution in [1.29, 1.82) is 0 Å². The van der Waals surface area contributed by atoms with Gasteiger partial charge in [-0.3, -0.25) is 5.32 Å². The van der Waals surface area contributed by atoms with Crippen molar-refractivity contribution in [1.82, 2.24) is 5.32 Å². The van der Waals surface area contributed by atoms with E-state index in [1.165, 1.54) is 6.07 Å². The molecule has 0 heterocycles. The number of benzene rings is 1. The predicted molar refractivity (Wildman–Crippen MR) is 42.1 cm³/mol. The van der Waals surface area contributed by atoms with Crippen LogP contribution in [0.1, 0.15) is 6.92 Å². The molecule has 0 amide bonds. The Labute approximate surface area is 65.3 Å². The molecule has 0 aliphatic carbocycles. The molecular weight excluding hydrogens is 142 g/mol. The highest BCUT2D eigenvalue weighted by molar-refractivity contribution is 5.57. The van der Waals surface area contributed by atoms with Crippen LogP contribution in [0.2, 0.25) is 0 Å². The van der Waals surface area contributed by atoms with Crippen molar-refractivity contribution in [3.8, 4) is 11.5 Å². The lowest BCUT2D eigenvalue weighted by Crippen LogP contribution is -1.94. The third-order valence-electron chi connectivity index (χ3n) is 1.32. The maximum atomic E-state index is 9.18. The summed E-state index contributed by atoms with van der Waals surface area (Å²) in [5.74, 6) is -0.269. The Kier molecular flexibility index (Phi) is 2.21. The second-order valence-corrected chi connectivity index (χ2v) is 2.12. The van der Waals surface area contributed by atoms with Crippen molar-refractivity contribution in [2.75, 3.05) is 6.54 Å². The van der Waals surface area contributed by atoms with E-state index in [0.717, 1.165) is 0 Å². The van der Waals surface area contributed by atoms with E-state index in [1.807, 2.05) is 6.92 Å². The topological polar surface area (TPSA) is 54.6 Å². The number of rotatable bonds is 2. The van der Waals surface area contributed by atoms with Crippen LogP contribution in [0.4, 0.5) is 5.69 Å². The Hall–Kier alpha value is -1.38. The van der Waals surface area contributed by atoms with Crippen LogP contribution in [0.15, 0.2) is 18.2 Å². The molecule has 0 spiro atoms. The Morgan fingerprint density at radius 3 is 2.73 bits per heavy atom. The molecule has 0 aliphatic rings. The summed E-state index contributed by atoms with van der Waals surface area (Å²) in [4.78, 5) is 0. The molecule has 1 aromatic rings. The SMILES string of the molecule is CC[N]c1cccc(O)c1O. The summed E-state index contributed by atoms with van der Waals surface area (Å²) < 4.78 is 0. The highest BCUT2D eigenvalue weighted by atomic mass is 16.3. The van der Waals surface area contributed by atoms with Crippen molar-refractivity contribution in [3.63, 3.8) is 0 Å². The van der Waals surface area contributed by atoms with E-state index in [2.05, 4.69) is 5.32 Å². The van der Waals surface area contributed by atoms with Crippen LogP contribution in [-0.4, -0.2) is 16.8 Å². The van der Waals surface area contributed by atoms with Gasteiger partial charge in [0.05, 0.1) is 0 Å². The number of aromatic hydroxyl groups is 2. The van der Waals surface area contributed by atoms with Gasteiger partial charge in [-0.2, -0.15) is 0 Å². The zero-order chi connectivity index (χ0) is 8.27. The predicted octanol–water partition coefficient (Wildman–Crippen LogP) is 1.35. The van der Waals surface area contributed by atoms with E-state index in [4.69, 9.17) is 5.11 Å². The van der Waals surface area contributed by atoms with Gasteiger partial charge in [0.1, 0.15) is 5.69 Å². The van der Waals surface area contributed by atoms with Gasteiger partial charge in [-0.15, -0.1) is 0 Å². The Balaban J connectivity index is 2.96. The van der Waals surface area contributed by atoms with Crippen LogP contribution in [0.25, 0.3) is 0 Å². The average molecular weight is 152 g/mol. The molecule has 0 saturated heterocycles. The molecule has 1 rings (SSSR count). The number of phenolic OH excluding ortho intramolecular Hbond substituents is 2. The zero-order valence-electron chi connectivity index (χ0n) is 6.28. The molecule has 3 heteroatoms. The van der Waals surface area contributed by atoms with Crippen LogP contribution in [0, 0.1) is 0 Å². The fourth-order valence-corrected chi connectivity index (χ4v) is 0.817. The summed E-state index contributed by atoms with van der Waals surface area (Å²) in [6.45, 7) is 2.46. The van der Waals surface area contributed by atoms with Gasteiger partial charge < -0.3 is 10.2 Å². The monoisotopic (exact) mass is 152 g/mol. The molecule has 0 saturated carbocycles. The minimum absolute atomic E-state index is 0.125. The van der Waals surface area contributed by atoms with Crippen LogP contribution >= 0.6 is 0 Å². The largest absolute Gasteiger partial charge is 0.504 e. The Morgan fingerprint density at radius 2 is 2.09 bits per heavy atom. The molecule has 59 valence electrons. The van der Waals surface area contributed by atoms with Gasteiger partial charge in [-0.05, 0) is 19.1 Å². The van der Waals surface area contributed by atoms with Gasteiger partial charge in [-0.1, -0.05) is 6.07 Å². The van der Waals surface area contributed by atoms with Gasteiger partial charge >= 0.3 is 0 Å². The molecule has 0 unspecified atom stereocenters. The normalized spacial score (nSPS) is 9.55. The first-order chi connectivity index (χ1) is 5.25. The standard InChI is InChI=1S/C8H10NO2/c1-2-9-6-4-3-5-7(10)8(6)11/h3-5,10-11H,2H2,1H3. The van der Waals surface area contributed by atoms with E-state index >= 15 is 0 Å². The molecule has 0 aromatic heterocycles. The van der Waals surface area contributed by atoms with Crippen molar-refractivity contribution >= 4 is 5.69 Å². The Bertz CT molecular complexity index is 248. The fraction of sp³-hybridized carbons (Fsp3) is 0.250. The number of phenols is 2. The number of hydrogen-bond acceptors (Lipinski definition) is 2. The third kappa shape index (κ3) is 1.55. The highest BCUT2D eigenvalue weighted by Gasteiger charge is 2.03.